The first-order valence-corrected chi connectivity index (χ1v) is 7.14. The van der Waals surface area contributed by atoms with Crippen molar-refractivity contribution in [1.29, 1.82) is 0 Å². The van der Waals surface area contributed by atoms with Gasteiger partial charge in [0.25, 0.3) is 5.91 Å². The Balaban J connectivity index is 3.04. The minimum absolute atomic E-state index is 0.0141. The Morgan fingerprint density at radius 1 is 1.39 bits per heavy atom. The number of benzene rings is 1. The molecular formula is C14H20BrNOS. The lowest BCUT2D eigenvalue weighted by molar-refractivity contribution is 0.0628. The molecule has 0 radical (unpaired) electrons. The molecular weight excluding hydrogens is 310 g/mol. The second-order valence-corrected chi connectivity index (χ2v) is 6.99. The number of thiol groups is 1. The highest BCUT2D eigenvalue weighted by atomic mass is 79.9. The average molecular weight is 330 g/mol. The van der Waals surface area contributed by atoms with Crippen molar-refractivity contribution in [3.63, 3.8) is 0 Å². The van der Waals surface area contributed by atoms with E-state index in [-0.39, 0.29) is 17.4 Å². The molecule has 0 spiro atoms. The first kappa shape index (κ1) is 15.6. The predicted octanol–water partition coefficient (Wildman–Crippen LogP) is 4.24. The maximum Gasteiger partial charge on any atom is 0.255 e. The third-order valence-corrected chi connectivity index (χ3v) is 4.30. The van der Waals surface area contributed by atoms with Gasteiger partial charge in [0.15, 0.2) is 0 Å². The van der Waals surface area contributed by atoms with Crippen LogP contribution >= 0.6 is 28.6 Å². The second-order valence-electron chi connectivity index (χ2n) is 5.62. The molecule has 0 heterocycles. The van der Waals surface area contributed by atoms with Crippen molar-refractivity contribution in [2.24, 2.45) is 5.41 Å². The molecule has 1 unspecified atom stereocenters. The van der Waals surface area contributed by atoms with E-state index < -0.39 is 0 Å². The van der Waals surface area contributed by atoms with Gasteiger partial charge in [0.2, 0.25) is 0 Å². The molecule has 18 heavy (non-hydrogen) atoms. The smallest absolute Gasteiger partial charge is 0.255 e. The van der Waals surface area contributed by atoms with Crippen molar-refractivity contribution in [3.8, 4) is 0 Å². The highest BCUT2D eigenvalue weighted by Crippen LogP contribution is 2.27. The summed E-state index contributed by atoms with van der Waals surface area (Å²) in [5.74, 6) is 0.0141. The van der Waals surface area contributed by atoms with Gasteiger partial charge in [-0.25, -0.2) is 0 Å². The molecule has 100 valence electrons. The van der Waals surface area contributed by atoms with Crippen LogP contribution in [0.1, 0.15) is 38.1 Å². The van der Waals surface area contributed by atoms with Gasteiger partial charge < -0.3 is 4.90 Å². The average Bonchev–Trinajstić information content (AvgIpc) is 2.28. The normalized spacial score (nSPS) is 13.3. The highest BCUT2D eigenvalue weighted by molar-refractivity contribution is 9.10. The minimum Gasteiger partial charge on any atom is -0.338 e. The van der Waals surface area contributed by atoms with Crippen molar-refractivity contribution in [3.05, 3.63) is 28.2 Å². The molecule has 0 saturated heterocycles. The van der Waals surface area contributed by atoms with E-state index in [9.17, 15) is 4.79 Å². The fourth-order valence-electron chi connectivity index (χ4n) is 1.62. The predicted molar refractivity (Wildman–Crippen MR) is 82.4 cm³/mol. The summed E-state index contributed by atoms with van der Waals surface area (Å²) in [6, 6.07) is 5.66. The molecule has 2 nitrogen and oxygen atoms in total. The molecule has 0 fully saturated rings. The van der Waals surface area contributed by atoms with Crippen LogP contribution in [0.15, 0.2) is 27.6 Å². The Morgan fingerprint density at radius 2 is 1.94 bits per heavy atom. The SMILES string of the molecule is CC(N(C)C(=O)c1cc(S)ccc1Br)C(C)(C)C. The summed E-state index contributed by atoms with van der Waals surface area (Å²) in [5.41, 5.74) is 0.705. The molecule has 0 aliphatic rings. The minimum atomic E-state index is 0.0141. The molecule has 0 saturated carbocycles. The van der Waals surface area contributed by atoms with Crippen LogP contribution in [-0.2, 0) is 0 Å². The van der Waals surface area contributed by atoms with Crippen LogP contribution in [0, 0.1) is 5.41 Å². The fraction of sp³-hybridized carbons (Fsp3) is 0.500. The number of hydrogen-bond acceptors (Lipinski definition) is 2. The third kappa shape index (κ3) is 3.51. The van der Waals surface area contributed by atoms with Crippen LogP contribution < -0.4 is 0 Å². The molecule has 0 aliphatic carbocycles. The first-order valence-electron chi connectivity index (χ1n) is 5.90. The summed E-state index contributed by atoms with van der Waals surface area (Å²) in [5, 5.41) is 0. The summed E-state index contributed by atoms with van der Waals surface area (Å²) in [6.07, 6.45) is 0. The number of amides is 1. The second kappa shape index (κ2) is 5.66. The molecule has 0 aromatic heterocycles. The van der Waals surface area contributed by atoms with Crippen molar-refractivity contribution in [1.82, 2.24) is 4.90 Å². The number of hydrogen-bond donors (Lipinski definition) is 1. The van der Waals surface area contributed by atoms with E-state index in [1.165, 1.54) is 0 Å². The number of carbonyl (C=O) groups is 1. The molecule has 1 amide bonds. The number of nitrogens with zero attached hydrogens (tertiary/aromatic N) is 1. The summed E-state index contributed by atoms with van der Waals surface area (Å²) in [7, 11) is 1.84. The lowest BCUT2D eigenvalue weighted by atomic mass is 9.87. The summed E-state index contributed by atoms with van der Waals surface area (Å²) in [4.78, 5) is 15.0. The fourth-order valence-corrected chi connectivity index (χ4v) is 2.24. The van der Waals surface area contributed by atoms with Crippen molar-refractivity contribution >= 4 is 34.5 Å². The standard InChI is InChI=1S/C14H20BrNOS/c1-9(14(2,3)4)16(5)13(17)11-8-10(18)6-7-12(11)15/h6-9,18H,1-5H3. The Bertz CT molecular complexity index is 454. The Hall–Kier alpha value is -0.480. The van der Waals surface area contributed by atoms with E-state index in [1.54, 1.807) is 11.0 Å². The Morgan fingerprint density at radius 3 is 2.44 bits per heavy atom. The molecule has 0 N–H and O–H groups in total. The van der Waals surface area contributed by atoms with Crippen LogP contribution in [-0.4, -0.2) is 23.9 Å². The van der Waals surface area contributed by atoms with Gasteiger partial charge in [0.1, 0.15) is 0 Å². The Kier molecular flexibility index (Phi) is 4.90. The van der Waals surface area contributed by atoms with Crippen molar-refractivity contribution in [2.45, 2.75) is 38.6 Å². The van der Waals surface area contributed by atoms with Crippen LogP contribution in [0.5, 0.6) is 0 Å². The van der Waals surface area contributed by atoms with Gasteiger partial charge in [-0.2, -0.15) is 0 Å². The molecule has 1 aromatic carbocycles. The molecule has 1 rings (SSSR count). The van der Waals surface area contributed by atoms with E-state index in [4.69, 9.17) is 0 Å². The lowest BCUT2D eigenvalue weighted by Gasteiger charge is -2.35. The van der Waals surface area contributed by atoms with Crippen molar-refractivity contribution in [2.75, 3.05) is 7.05 Å². The van der Waals surface area contributed by atoms with Gasteiger partial charge in [-0.15, -0.1) is 12.6 Å². The summed E-state index contributed by atoms with van der Waals surface area (Å²) in [6.45, 7) is 8.46. The number of halogens is 1. The van der Waals surface area contributed by atoms with E-state index >= 15 is 0 Å². The zero-order valence-electron chi connectivity index (χ0n) is 11.5. The largest absolute Gasteiger partial charge is 0.338 e. The van der Waals surface area contributed by atoms with E-state index in [1.807, 2.05) is 19.2 Å². The third-order valence-electron chi connectivity index (χ3n) is 3.33. The molecule has 1 atom stereocenters. The van der Waals surface area contributed by atoms with E-state index in [0.29, 0.717) is 5.56 Å². The molecule has 1 aromatic rings. The maximum absolute atomic E-state index is 12.5. The van der Waals surface area contributed by atoms with Crippen LogP contribution in [0.2, 0.25) is 0 Å². The number of carbonyl (C=O) groups excluding carboxylic acids is 1. The number of rotatable bonds is 2. The quantitative estimate of drug-likeness (QED) is 0.804. The van der Waals surface area contributed by atoms with Crippen molar-refractivity contribution < 1.29 is 4.79 Å². The van der Waals surface area contributed by atoms with Crippen LogP contribution in [0.25, 0.3) is 0 Å². The molecule has 0 aliphatic heterocycles. The monoisotopic (exact) mass is 329 g/mol. The van der Waals surface area contributed by atoms with Gasteiger partial charge >= 0.3 is 0 Å². The maximum atomic E-state index is 12.5. The van der Waals surface area contributed by atoms with Gasteiger partial charge in [-0.1, -0.05) is 20.8 Å². The lowest BCUT2D eigenvalue weighted by Crippen LogP contribution is -2.43. The van der Waals surface area contributed by atoms with Crippen LogP contribution in [0.4, 0.5) is 0 Å². The highest BCUT2D eigenvalue weighted by Gasteiger charge is 2.28. The first-order chi connectivity index (χ1) is 8.14. The molecule has 4 heteroatoms. The van der Waals surface area contributed by atoms with E-state index in [2.05, 4.69) is 56.3 Å². The van der Waals surface area contributed by atoms with Gasteiger partial charge in [0.05, 0.1) is 5.56 Å². The van der Waals surface area contributed by atoms with E-state index in [0.717, 1.165) is 9.37 Å². The van der Waals surface area contributed by atoms with Gasteiger partial charge in [-0.3, -0.25) is 4.79 Å². The zero-order valence-corrected chi connectivity index (χ0v) is 14.0. The zero-order chi connectivity index (χ0) is 14.1. The van der Waals surface area contributed by atoms with Gasteiger partial charge in [0, 0.05) is 22.5 Å². The topological polar surface area (TPSA) is 20.3 Å². The summed E-state index contributed by atoms with van der Waals surface area (Å²) >= 11 is 7.70. The summed E-state index contributed by atoms with van der Waals surface area (Å²) < 4.78 is 0.804. The van der Waals surface area contributed by atoms with Gasteiger partial charge in [-0.05, 0) is 46.5 Å². The molecule has 0 bridgehead atoms. The van der Waals surface area contributed by atoms with Crippen LogP contribution in [0.3, 0.4) is 0 Å². The Labute approximate surface area is 123 Å².